The van der Waals surface area contributed by atoms with E-state index in [9.17, 15) is 8.78 Å². The second-order valence-corrected chi connectivity index (χ2v) is 5.33. The van der Waals surface area contributed by atoms with Gasteiger partial charge in [0.1, 0.15) is 11.6 Å². The highest BCUT2D eigenvalue weighted by molar-refractivity contribution is 7.98. The number of thioether (sulfide) groups is 1. The highest BCUT2D eigenvalue weighted by Gasteiger charge is 2.15. The van der Waals surface area contributed by atoms with E-state index in [0.717, 1.165) is 18.2 Å². The van der Waals surface area contributed by atoms with Crippen molar-refractivity contribution in [2.75, 3.05) is 12.0 Å². The Labute approximate surface area is 119 Å². The first-order valence-corrected chi connectivity index (χ1v) is 7.50. The Morgan fingerprint density at radius 2 is 2.20 bits per heavy atom. The first kappa shape index (κ1) is 14.9. The maximum Gasteiger partial charge on any atom is 0.243 e. The van der Waals surface area contributed by atoms with Crippen molar-refractivity contribution in [1.82, 2.24) is 10.1 Å². The summed E-state index contributed by atoms with van der Waals surface area (Å²) in [6, 6.07) is 3.08. The molecule has 0 bridgehead atoms. The Bertz CT molecular complexity index is 576. The van der Waals surface area contributed by atoms with Crippen molar-refractivity contribution in [3.63, 3.8) is 0 Å². The lowest BCUT2D eigenvalue weighted by Crippen LogP contribution is -2.11. The number of rotatable bonds is 6. The Morgan fingerprint density at radius 3 is 2.90 bits per heavy atom. The van der Waals surface area contributed by atoms with Crippen LogP contribution in [0.15, 0.2) is 22.7 Å². The highest BCUT2D eigenvalue weighted by atomic mass is 32.2. The molecule has 2 rings (SSSR count). The first-order chi connectivity index (χ1) is 9.60. The van der Waals surface area contributed by atoms with E-state index < -0.39 is 11.6 Å². The zero-order chi connectivity index (χ0) is 14.5. The molecule has 0 saturated carbocycles. The number of hydrogen-bond acceptors (Lipinski definition) is 5. The molecule has 1 heterocycles. The molecule has 0 aliphatic rings. The topological polar surface area (TPSA) is 64.9 Å². The summed E-state index contributed by atoms with van der Waals surface area (Å²) in [4.78, 5) is 4.15. The Kier molecular flexibility index (Phi) is 5.08. The minimum Gasteiger partial charge on any atom is -0.338 e. The van der Waals surface area contributed by atoms with Crippen molar-refractivity contribution >= 4 is 11.8 Å². The summed E-state index contributed by atoms with van der Waals surface area (Å²) in [5.74, 6) is 0.342. The summed E-state index contributed by atoms with van der Waals surface area (Å²) < 4.78 is 31.4. The lowest BCUT2D eigenvalue weighted by Gasteiger charge is -2.03. The van der Waals surface area contributed by atoms with Crippen LogP contribution in [0.4, 0.5) is 8.78 Å². The molecule has 7 heteroatoms. The summed E-state index contributed by atoms with van der Waals surface area (Å²) in [5, 5.41) is 3.77. The molecule has 2 N–H and O–H groups in total. The van der Waals surface area contributed by atoms with Gasteiger partial charge in [-0.1, -0.05) is 11.2 Å². The van der Waals surface area contributed by atoms with Crippen LogP contribution in [0.2, 0.25) is 0 Å². The molecule has 0 amide bonds. The average molecular weight is 299 g/mol. The highest BCUT2D eigenvalue weighted by Crippen LogP contribution is 2.17. The summed E-state index contributed by atoms with van der Waals surface area (Å²) in [6.07, 6.45) is 2.86. The maximum atomic E-state index is 13.5. The van der Waals surface area contributed by atoms with Crippen molar-refractivity contribution in [3.8, 4) is 0 Å². The zero-order valence-electron chi connectivity index (χ0n) is 11.0. The number of nitrogens with two attached hydrogens (primary N) is 1. The van der Waals surface area contributed by atoms with Crippen LogP contribution in [-0.2, 0) is 6.42 Å². The van der Waals surface area contributed by atoms with Gasteiger partial charge in [-0.05, 0) is 30.1 Å². The molecule has 0 radical (unpaired) electrons. The average Bonchev–Trinajstić information content (AvgIpc) is 2.88. The molecule has 0 saturated heterocycles. The van der Waals surface area contributed by atoms with E-state index >= 15 is 0 Å². The predicted octanol–water partition coefficient (Wildman–Crippen LogP) is 2.69. The van der Waals surface area contributed by atoms with E-state index in [1.165, 1.54) is 12.1 Å². The largest absolute Gasteiger partial charge is 0.338 e. The van der Waals surface area contributed by atoms with Crippen molar-refractivity contribution in [2.24, 2.45) is 5.73 Å². The number of hydrogen-bond donors (Lipinski definition) is 1. The molecule has 1 atom stereocenters. The van der Waals surface area contributed by atoms with Gasteiger partial charge in [0.15, 0.2) is 5.82 Å². The summed E-state index contributed by atoms with van der Waals surface area (Å²) >= 11 is 1.68. The van der Waals surface area contributed by atoms with Gasteiger partial charge in [-0.2, -0.15) is 16.7 Å². The van der Waals surface area contributed by atoms with Gasteiger partial charge in [-0.3, -0.25) is 0 Å². The fourth-order valence-corrected chi connectivity index (χ4v) is 2.18. The molecular formula is C13H15F2N3OS. The van der Waals surface area contributed by atoms with Gasteiger partial charge in [-0.25, -0.2) is 8.78 Å². The van der Waals surface area contributed by atoms with Gasteiger partial charge in [0.05, 0.1) is 6.04 Å². The van der Waals surface area contributed by atoms with Crippen LogP contribution in [0.5, 0.6) is 0 Å². The van der Waals surface area contributed by atoms with Gasteiger partial charge in [0, 0.05) is 12.5 Å². The molecule has 4 nitrogen and oxygen atoms in total. The molecular weight excluding hydrogens is 284 g/mol. The van der Waals surface area contributed by atoms with Gasteiger partial charge in [0.2, 0.25) is 5.89 Å². The standard InChI is InChI=1S/C13H15F2N3OS/c1-20-5-4-11(16)13-17-12(18-19-13)6-8-2-3-9(14)7-10(8)15/h2-3,7,11H,4-6,16H2,1H3/t11-/m0/s1. The summed E-state index contributed by atoms with van der Waals surface area (Å²) in [6.45, 7) is 0. The predicted molar refractivity (Wildman–Crippen MR) is 73.4 cm³/mol. The fraction of sp³-hybridized carbons (Fsp3) is 0.385. The van der Waals surface area contributed by atoms with Gasteiger partial charge < -0.3 is 10.3 Å². The minimum absolute atomic E-state index is 0.144. The molecule has 1 aromatic carbocycles. The van der Waals surface area contributed by atoms with Crippen LogP contribution in [0.1, 0.15) is 29.7 Å². The summed E-state index contributed by atoms with van der Waals surface area (Å²) in [5.41, 5.74) is 6.22. The first-order valence-electron chi connectivity index (χ1n) is 6.11. The molecule has 0 aliphatic heterocycles. The lowest BCUT2D eigenvalue weighted by molar-refractivity contribution is 0.349. The van der Waals surface area contributed by atoms with E-state index in [1.54, 1.807) is 11.8 Å². The molecule has 0 unspecified atom stereocenters. The van der Waals surface area contributed by atoms with E-state index in [-0.39, 0.29) is 12.5 Å². The van der Waals surface area contributed by atoms with E-state index in [4.69, 9.17) is 10.3 Å². The second kappa shape index (κ2) is 6.81. The maximum absolute atomic E-state index is 13.5. The van der Waals surface area contributed by atoms with Crippen molar-refractivity contribution < 1.29 is 13.3 Å². The van der Waals surface area contributed by atoms with Crippen LogP contribution < -0.4 is 5.73 Å². The fourth-order valence-electron chi connectivity index (χ4n) is 1.69. The van der Waals surface area contributed by atoms with Crippen molar-refractivity contribution in [1.29, 1.82) is 0 Å². The third-order valence-corrected chi connectivity index (χ3v) is 3.44. The Hall–Kier alpha value is -1.47. The number of halogens is 2. The monoisotopic (exact) mass is 299 g/mol. The molecule has 0 aliphatic carbocycles. The van der Waals surface area contributed by atoms with Crippen LogP contribution in [0, 0.1) is 11.6 Å². The SMILES string of the molecule is CSCC[C@H](N)c1nc(Cc2ccc(F)cc2F)no1. The molecule has 108 valence electrons. The molecule has 1 aromatic heterocycles. The molecule has 20 heavy (non-hydrogen) atoms. The molecule has 0 spiro atoms. The molecule has 2 aromatic rings. The van der Waals surface area contributed by atoms with Crippen molar-refractivity contribution in [2.45, 2.75) is 18.9 Å². The van der Waals surface area contributed by atoms with E-state index in [0.29, 0.717) is 17.3 Å². The Balaban J connectivity index is 2.05. The van der Waals surface area contributed by atoms with Crippen LogP contribution in [-0.4, -0.2) is 22.1 Å². The minimum atomic E-state index is -0.622. The van der Waals surface area contributed by atoms with Crippen LogP contribution in [0.25, 0.3) is 0 Å². The van der Waals surface area contributed by atoms with E-state index in [2.05, 4.69) is 10.1 Å². The zero-order valence-corrected chi connectivity index (χ0v) is 11.8. The lowest BCUT2D eigenvalue weighted by atomic mass is 10.1. The van der Waals surface area contributed by atoms with Crippen LogP contribution >= 0.6 is 11.8 Å². The number of nitrogens with zero attached hydrogens (tertiary/aromatic N) is 2. The normalized spacial score (nSPS) is 12.6. The van der Waals surface area contributed by atoms with Crippen molar-refractivity contribution in [3.05, 3.63) is 47.1 Å². The molecule has 0 fully saturated rings. The van der Waals surface area contributed by atoms with Gasteiger partial charge in [0.25, 0.3) is 0 Å². The van der Waals surface area contributed by atoms with Gasteiger partial charge >= 0.3 is 0 Å². The van der Waals surface area contributed by atoms with Crippen LogP contribution in [0.3, 0.4) is 0 Å². The summed E-state index contributed by atoms with van der Waals surface area (Å²) in [7, 11) is 0. The van der Waals surface area contributed by atoms with Gasteiger partial charge in [-0.15, -0.1) is 0 Å². The quantitative estimate of drug-likeness (QED) is 0.888. The van der Waals surface area contributed by atoms with E-state index in [1.807, 2.05) is 6.26 Å². The second-order valence-electron chi connectivity index (χ2n) is 4.35. The number of aromatic nitrogens is 2. The Morgan fingerprint density at radius 1 is 1.40 bits per heavy atom. The third-order valence-electron chi connectivity index (χ3n) is 2.80. The number of benzene rings is 1. The third kappa shape index (κ3) is 3.77. The smallest absolute Gasteiger partial charge is 0.243 e.